The Hall–Kier alpha value is -1.83. The summed E-state index contributed by atoms with van der Waals surface area (Å²) in [5.41, 5.74) is -1.43. The first-order valence-electron chi connectivity index (χ1n) is 7.16. The van der Waals surface area contributed by atoms with Crippen molar-refractivity contribution in [3.8, 4) is 0 Å². The van der Waals surface area contributed by atoms with E-state index in [1.165, 1.54) is 0 Å². The lowest BCUT2D eigenvalue weighted by atomic mass is 10.1. The van der Waals surface area contributed by atoms with Crippen molar-refractivity contribution in [1.82, 2.24) is 4.90 Å². The van der Waals surface area contributed by atoms with Crippen LogP contribution in [0.4, 0.5) is 24.5 Å². The molecule has 0 amide bonds. The number of benzene rings is 1. The van der Waals surface area contributed by atoms with Crippen LogP contribution in [0.25, 0.3) is 0 Å². The topological polar surface area (TPSA) is 58.4 Å². The van der Waals surface area contributed by atoms with Crippen LogP contribution in [0, 0.1) is 10.1 Å². The highest BCUT2D eigenvalue weighted by molar-refractivity contribution is 5.63. The minimum absolute atomic E-state index is 0.126. The van der Waals surface area contributed by atoms with Gasteiger partial charge in [0, 0.05) is 18.7 Å². The molecule has 1 unspecified atom stereocenters. The van der Waals surface area contributed by atoms with E-state index in [2.05, 4.69) is 10.2 Å². The van der Waals surface area contributed by atoms with Crippen LogP contribution >= 0.6 is 0 Å². The number of nitro benzene ring substituents is 1. The van der Waals surface area contributed by atoms with Gasteiger partial charge in [-0.1, -0.05) is 6.92 Å². The second kappa shape index (κ2) is 6.51. The summed E-state index contributed by atoms with van der Waals surface area (Å²) < 4.78 is 37.9. The maximum atomic E-state index is 12.6. The van der Waals surface area contributed by atoms with Gasteiger partial charge in [-0.15, -0.1) is 0 Å². The van der Waals surface area contributed by atoms with Gasteiger partial charge in [0.05, 0.1) is 10.5 Å². The normalized spacial score (nSPS) is 19.4. The van der Waals surface area contributed by atoms with Gasteiger partial charge in [0.25, 0.3) is 5.69 Å². The molecule has 1 aromatic carbocycles. The minimum Gasteiger partial charge on any atom is -0.378 e. The molecule has 1 fully saturated rings. The number of hydrogen-bond acceptors (Lipinski definition) is 4. The number of nitrogens with one attached hydrogen (secondary N) is 1. The zero-order chi connectivity index (χ0) is 16.3. The summed E-state index contributed by atoms with van der Waals surface area (Å²) in [4.78, 5) is 12.5. The first kappa shape index (κ1) is 16.5. The van der Waals surface area contributed by atoms with Gasteiger partial charge in [0.15, 0.2) is 0 Å². The molecule has 8 heteroatoms. The fraction of sp³-hybridized carbons (Fsp3) is 0.571. The summed E-state index contributed by atoms with van der Waals surface area (Å²) in [5, 5.41) is 13.9. The van der Waals surface area contributed by atoms with Crippen LogP contribution in [0.1, 0.15) is 25.3 Å². The summed E-state index contributed by atoms with van der Waals surface area (Å²) in [6, 6.07) is 2.83. The van der Waals surface area contributed by atoms with Crippen molar-refractivity contribution in [2.45, 2.75) is 32.0 Å². The zero-order valence-electron chi connectivity index (χ0n) is 12.2. The maximum absolute atomic E-state index is 12.6. The van der Waals surface area contributed by atoms with E-state index in [9.17, 15) is 23.3 Å². The molecule has 1 aromatic rings. The van der Waals surface area contributed by atoms with Crippen molar-refractivity contribution in [3.05, 3.63) is 33.9 Å². The van der Waals surface area contributed by atoms with Gasteiger partial charge in [0.1, 0.15) is 5.69 Å². The van der Waals surface area contributed by atoms with E-state index >= 15 is 0 Å². The predicted octanol–water partition coefficient (Wildman–Crippen LogP) is 3.51. The largest absolute Gasteiger partial charge is 0.416 e. The first-order chi connectivity index (χ1) is 10.3. The van der Waals surface area contributed by atoms with Crippen LogP contribution in [0.5, 0.6) is 0 Å². The summed E-state index contributed by atoms with van der Waals surface area (Å²) in [6.45, 7) is 4.40. The molecule has 1 saturated heterocycles. The van der Waals surface area contributed by atoms with Crippen molar-refractivity contribution >= 4 is 11.4 Å². The van der Waals surface area contributed by atoms with Crippen LogP contribution in [-0.4, -0.2) is 35.5 Å². The van der Waals surface area contributed by atoms with Crippen LogP contribution in [0.2, 0.25) is 0 Å². The van der Waals surface area contributed by atoms with Crippen molar-refractivity contribution in [2.24, 2.45) is 0 Å². The van der Waals surface area contributed by atoms with E-state index < -0.39 is 22.4 Å². The molecule has 1 aliphatic heterocycles. The van der Waals surface area contributed by atoms with Gasteiger partial charge in [-0.25, -0.2) is 0 Å². The van der Waals surface area contributed by atoms with Gasteiger partial charge in [-0.05, 0) is 38.1 Å². The Morgan fingerprint density at radius 2 is 2.18 bits per heavy atom. The minimum atomic E-state index is -4.59. The summed E-state index contributed by atoms with van der Waals surface area (Å²) in [6.07, 6.45) is -2.54. The molecule has 0 aliphatic carbocycles. The van der Waals surface area contributed by atoms with Crippen LogP contribution in [0.3, 0.4) is 0 Å². The lowest BCUT2D eigenvalue weighted by molar-refractivity contribution is -0.384. The van der Waals surface area contributed by atoms with E-state index in [-0.39, 0.29) is 11.7 Å². The predicted molar refractivity (Wildman–Crippen MR) is 76.9 cm³/mol. The lowest BCUT2D eigenvalue weighted by Gasteiger charge is -2.23. The molecule has 0 bridgehead atoms. The van der Waals surface area contributed by atoms with Crippen molar-refractivity contribution in [3.63, 3.8) is 0 Å². The number of nitrogens with zero attached hydrogens (tertiary/aromatic N) is 2. The molecule has 1 heterocycles. The molecule has 0 radical (unpaired) electrons. The highest BCUT2D eigenvalue weighted by atomic mass is 19.4. The molecule has 1 N–H and O–H groups in total. The molecule has 0 spiro atoms. The van der Waals surface area contributed by atoms with E-state index in [0.29, 0.717) is 12.6 Å². The van der Waals surface area contributed by atoms with Gasteiger partial charge in [-0.2, -0.15) is 13.2 Å². The third kappa shape index (κ3) is 3.68. The number of likely N-dealkylation sites (N-methyl/N-ethyl adjacent to an activating group) is 1. The van der Waals surface area contributed by atoms with Crippen molar-refractivity contribution in [2.75, 3.05) is 25.0 Å². The van der Waals surface area contributed by atoms with Crippen LogP contribution in [0.15, 0.2) is 18.2 Å². The number of halogens is 3. The fourth-order valence-electron chi connectivity index (χ4n) is 2.78. The third-order valence-electron chi connectivity index (χ3n) is 3.96. The van der Waals surface area contributed by atoms with Gasteiger partial charge in [0.2, 0.25) is 0 Å². The zero-order valence-corrected chi connectivity index (χ0v) is 12.2. The SMILES string of the molecule is CCN1CCCC1CNc1ccc(C(F)(F)F)cc1[N+](=O)[O-]. The molecule has 2 rings (SSSR count). The van der Waals surface area contributed by atoms with Crippen molar-refractivity contribution in [1.29, 1.82) is 0 Å². The Morgan fingerprint density at radius 1 is 1.45 bits per heavy atom. The summed E-state index contributed by atoms with van der Waals surface area (Å²) in [7, 11) is 0. The fourth-order valence-corrected chi connectivity index (χ4v) is 2.78. The quantitative estimate of drug-likeness (QED) is 0.667. The molecule has 1 aliphatic rings. The summed E-state index contributed by atoms with van der Waals surface area (Å²) in [5.74, 6) is 0. The smallest absolute Gasteiger partial charge is 0.378 e. The van der Waals surface area contributed by atoms with E-state index in [1.54, 1.807) is 0 Å². The van der Waals surface area contributed by atoms with Gasteiger partial charge >= 0.3 is 6.18 Å². The average molecular weight is 317 g/mol. The van der Waals surface area contributed by atoms with Crippen LogP contribution in [-0.2, 0) is 6.18 Å². The lowest BCUT2D eigenvalue weighted by Crippen LogP contribution is -2.34. The molecule has 0 saturated carbocycles. The number of likely N-dealkylation sites (tertiary alicyclic amines) is 1. The average Bonchev–Trinajstić information content (AvgIpc) is 2.91. The van der Waals surface area contributed by atoms with Gasteiger partial charge < -0.3 is 5.32 Å². The number of rotatable bonds is 5. The maximum Gasteiger partial charge on any atom is 0.416 e. The monoisotopic (exact) mass is 317 g/mol. The second-order valence-corrected chi connectivity index (χ2v) is 5.29. The Balaban J connectivity index is 2.15. The molecular formula is C14H18F3N3O2. The molecule has 5 nitrogen and oxygen atoms in total. The van der Waals surface area contributed by atoms with Crippen LogP contribution < -0.4 is 5.32 Å². The Kier molecular flexibility index (Phi) is 4.90. The molecule has 122 valence electrons. The molecule has 1 atom stereocenters. The Bertz CT molecular complexity index is 549. The third-order valence-corrected chi connectivity index (χ3v) is 3.96. The highest BCUT2D eigenvalue weighted by Gasteiger charge is 2.33. The van der Waals surface area contributed by atoms with Crippen molar-refractivity contribution < 1.29 is 18.1 Å². The van der Waals surface area contributed by atoms with E-state index in [1.807, 2.05) is 6.92 Å². The highest BCUT2D eigenvalue weighted by Crippen LogP contribution is 2.35. The van der Waals surface area contributed by atoms with E-state index in [4.69, 9.17) is 0 Å². The summed E-state index contributed by atoms with van der Waals surface area (Å²) >= 11 is 0. The first-order valence-corrected chi connectivity index (χ1v) is 7.16. The molecule has 0 aromatic heterocycles. The van der Waals surface area contributed by atoms with E-state index in [0.717, 1.165) is 38.1 Å². The number of nitro groups is 1. The number of alkyl halides is 3. The Morgan fingerprint density at radius 3 is 2.77 bits per heavy atom. The molecular weight excluding hydrogens is 299 g/mol. The molecule has 22 heavy (non-hydrogen) atoms. The second-order valence-electron chi connectivity index (χ2n) is 5.29. The van der Waals surface area contributed by atoms with Gasteiger partial charge in [-0.3, -0.25) is 15.0 Å². The number of anilines is 1. The standard InChI is InChI=1S/C14H18F3N3O2/c1-2-19-7-3-4-11(19)9-18-12-6-5-10(14(15,16)17)8-13(12)20(21)22/h5-6,8,11,18H,2-4,7,9H2,1H3. The number of hydrogen-bond donors (Lipinski definition) is 1. The Labute approximate surface area is 126 Å².